The molecule has 1 unspecified atom stereocenters. The molecule has 2 aliphatic heterocycles. The molecule has 0 saturated carbocycles. The zero-order valence-corrected chi connectivity index (χ0v) is 17.8. The quantitative estimate of drug-likeness (QED) is 0.615. The van der Waals surface area contributed by atoms with Gasteiger partial charge in [0.05, 0.1) is 28.7 Å². The number of nitrogens with one attached hydrogen (secondary N) is 2. The summed E-state index contributed by atoms with van der Waals surface area (Å²) in [6.07, 6.45) is 7.03. The van der Waals surface area contributed by atoms with Gasteiger partial charge < -0.3 is 20.1 Å². The smallest absolute Gasteiger partial charge is 0.128 e. The first-order chi connectivity index (χ1) is 14.6. The van der Waals surface area contributed by atoms with Crippen molar-refractivity contribution in [2.75, 3.05) is 30.8 Å². The van der Waals surface area contributed by atoms with Gasteiger partial charge in [0.25, 0.3) is 0 Å². The normalized spacial score (nSPS) is 19.6. The molecule has 3 heterocycles. The van der Waals surface area contributed by atoms with Crippen molar-refractivity contribution in [1.29, 1.82) is 0 Å². The minimum atomic E-state index is -0.179. The first-order valence-corrected chi connectivity index (χ1v) is 11.0. The summed E-state index contributed by atoms with van der Waals surface area (Å²) in [5.74, 6) is 0.683. The number of halogens is 1. The average Bonchev–Trinajstić information content (AvgIpc) is 3.37. The molecule has 1 saturated heterocycles. The predicted octanol–water partition coefficient (Wildman–Crippen LogP) is 5.14. The monoisotopic (exact) mass is 407 g/mol. The van der Waals surface area contributed by atoms with E-state index in [0.717, 1.165) is 34.9 Å². The molecule has 2 N–H and O–H groups in total. The van der Waals surface area contributed by atoms with Gasteiger partial charge in [-0.2, -0.15) is 0 Å². The summed E-state index contributed by atoms with van der Waals surface area (Å²) in [7, 11) is 2.22. The fourth-order valence-corrected chi connectivity index (χ4v) is 4.83. The van der Waals surface area contributed by atoms with Gasteiger partial charge in [0, 0.05) is 12.1 Å². The van der Waals surface area contributed by atoms with Crippen LogP contribution in [-0.2, 0) is 6.54 Å². The number of anilines is 2. The Hall–Kier alpha value is -2.60. The Labute approximate surface area is 177 Å². The number of rotatable bonds is 5. The molecule has 0 spiro atoms. The second kappa shape index (κ2) is 7.91. The Morgan fingerprint density at radius 2 is 1.97 bits per heavy atom. The molecule has 1 fully saturated rings. The van der Waals surface area contributed by atoms with E-state index in [4.69, 9.17) is 0 Å². The highest BCUT2D eigenvalue weighted by Crippen LogP contribution is 2.39. The fraction of sp³-hybridized carbons (Fsp3) is 0.458. The van der Waals surface area contributed by atoms with Crippen LogP contribution in [0.2, 0.25) is 0 Å². The molecule has 30 heavy (non-hydrogen) atoms. The number of hydrogen-bond donors (Lipinski definition) is 2. The number of imidazole rings is 1. The lowest BCUT2D eigenvalue weighted by Gasteiger charge is -2.28. The Balaban J connectivity index is 1.28. The molecule has 158 valence electrons. The van der Waals surface area contributed by atoms with Gasteiger partial charge in [0.2, 0.25) is 0 Å². The molecular weight excluding hydrogens is 377 g/mol. The van der Waals surface area contributed by atoms with Crippen LogP contribution >= 0.6 is 0 Å². The van der Waals surface area contributed by atoms with Crippen molar-refractivity contribution in [3.8, 4) is 0 Å². The Morgan fingerprint density at radius 1 is 1.13 bits per heavy atom. The standard InChI is InChI=1S/C24H30FN5/c1-16-19(25)6-8-21-23(16)28-24(27-21)18-5-7-20-22(14-18)30(15-26-20)11-3-4-17-9-12-29(2)13-10-17/h5-8,14-15,17,24,27-28H,3-4,9-13H2,1-2H3. The van der Waals surface area contributed by atoms with E-state index in [0.29, 0.717) is 5.56 Å². The largest absolute Gasteiger partial charge is 0.360 e. The number of aromatic nitrogens is 2. The highest BCUT2D eigenvalue weighted by atomic mass is 19.1. The topological polar surface area (TPSA) is 45.1 Å². The summed E-state index contributed by atoms with van der Waals surface area (Å²) in [6.45, 7) is 5.28. The van der Waals surface area contributed by atoms with E-state index in [-0.39, 0.29) is 12.0 Å². The number of nitrogens with zero attached hydrogens (tertiary/aromatic N) is 3. The van der Waals surface area contributed by atoms with Crippen LogP contribution in [0.25, 0.3) is 11.0 Å². The second-order valence-corrected chi connectivity index (χ2v) is 8.89. The highest BCUT2D eigenvalue weighted by molar-refractivity contribution is 5.80. The summed E-state index contributed by atoms with van der Waals surface area (Å²) >= 11 is 0. The first kappa shape index (κ1) is 19.4. The summed E-state index contributed by atoms with van der Waals surface area (Å²) in [4.78, 5) is 7.02. The van der Waals surface area contributed by atoms with E-state index in [1.54, 1.807) is 6.07 Å². The van der Waals surface area contributed by atoms with Gasteiger partial charge in [0.15, 0.2) is 0 Å². The maximum absolute atomic E-state index is 13.9. The van der Waals surface area contributed by atoms with E-state index in [1.807, 2.05) is 13.3 Å². The number of fused-ring (bicyclic) bond motifs is 2. The molecule has 0 aliphatic carbocycles. The Morgan fingerprint density at radius 3 is 2.80 bits per heavy atom. The zero-order valence-electron chi connectivity index (χ0n) is 17.8. The lowest BCUT2D eigenvalue weighted by Crippen LogP contribution is -2.30. The van der Waals surface area contributed by atoms with Crippen LogP contribution in [0.1, 0.15) is 43.0 Å². The fourth-order valence-electron chi connectivity index (χ4n) is 4.83. The number of likely N-dealkylation sites (tertiary alicyclic amines) is 1. The van der Waals surface area contributed by atoms with Gasteiger partial charge in [-0.05, 0) is 88.5 Å². The first-order valence-electron chi connectivity index (χ1n) is 11.0. The number of hydrogen-bond acceptors (Lipinski definition) is 4. The van der Waals surface area contributed by atoms with Gasteiger partial charge in [-0.15, -0.1) is 0 Å². The summed E-state index contributed by atoms with van der Waals surface area (Å²) < 4.78 is 16.2. The van der Waals surface area contributed by atoms with Crippen LogP contribution in [0, 0.1) is 18.7 Å². The molecular formula is C24H30FN5. The van der Waals surface area contributed by atoms with Crippen LogP contribution in [0.5, 0.6) is 0 Å². The van der Waals surface area contributed by atoms with Gasteiger partial charge in [-0.1, -0.05) is 6.07 Å². The molecule has 0 bridgehead atoms. The minimum absolute atomic E-state index is 0.0625. The summed E-state index contributed by atoms with van der Waals surface area (Å²) in [5, 5.41) is 6.91. The third-order valence-corrected chi connectivity index (χ3v) is 6.82. The number of benzene rings is 2. The predicted molar refractivity (Wildman–Crippen MR) is 120 cm³/mol. The highest BCUT2D eigenvalue weighted by Gasteiger charge is 2.24. The molecule has 5 rings (SSSR count). The lowest BCUT2D eigenvalue weighted by molar-refractivity contribution is 0.209. The van der Waals surface area contributed by atoms with E-state index >= 15 is 0 Å². The molecule has 5 nitrogen and oxygen atoms in total. The second-order valence-electron chi connectivity index (χ2n) is 8.89. The molecule has 6 heteroatoms. The van der Waals surface area contributed by atoms with Crippen molar-refractivity contribution >= 4 is 22.4 Å². The molecule has 1 atom stereocenters. The van der Waals surface area contributed by atoms with Crippen molar-refractivity contribution in [2.24, 2.45) is 5.92 Å². The third-order valence-electron chi connectivity index (χ3n) is 6.82. The van der Waals surface area contributed by atoms with Crippen LogP contribution < -0.4 is 10.6 Å². The summed E-state index contributed by atoms with van der Waals surface area (Å²) in [6, 6.07) is 9.71. The van der Waals surface area contributed by atoms with Crippen LogP contribution in [0.3, 0.4) is 0 Å². The molecule has 3 aromatic rings. The number of piperidine rings is 1. The van der Waals surface area contributed by atoms with Crippen LogP contribution in [0.15, 0.2) is 36.7 Å². The molecule has 0 radical (unpaired) electrons. The van der Waals surface area contributed by atoms with Crippen molar-refractivity contribution < 1.29 is 4.39 Å². The molecule has 1 aromatic heterocycles. The Bertz CT molecular complexity index is 1050. The number of aryl methyl sites for hydroxylation is 1. The molecule has 2 aromatic carbocycles. The van der Waals surface area contributed by atoms with Crippen LogP contribution in [-0.4, -0.2) is 34.6 Å². The van der Waals surface area contributed by atoms with Crippen molar-refractivity contribution in [3.63, 3.8) is 0 Å². The van der Waals surface area contributed by atoms with Crippen LogP contribution in [0.4, 0.5) is 15.8 Å². The van der Waals surface area contributed by atoms with E-state index in [1.165, 1.54) is 50.4 Å². The molecule has 0 amide bonds. The zero-order chi connectivity index (χ0) is 20.7. The lowest BCUT2D eigenvalue weighted by atomic mass is 9.92. The van der Waals surface area contributed by atoms with Crippen molar-refractivity contribution in [1.82, 2.24) is 14.5 Å². The van der Waals surface area contributed by atoms with E-state index < -0.39 is 0 Å². The third kappa shape index (κ3) is 3.65. The SMILES string of the molecule is Cc1c(F)ccc2c1NC(c1ccc3ncn(CCCC4CCN(C)CC4)c3c1)N2. The van der Waals surface area contributed by atoms with Crippen molar-refractivity contribution in [2.45, 2.75) is 45.3 Å². The maximum Gasteiger partial charge on any atom is 0.128 e. The van der Waals surface area contributed by atoms with E-state index in [2.05, 4.69) is 50.3 Å². The summed E-state index contributed by atoms with van der Waals surface area (Å²) in [5.41, 5.74) is 5.78. The maximum atomic E-state index is 13.9. The Kier molecular flexibility index (Phi) is 5.11. The van der Waals surface area contributed by atoms with Gasteiger partial charge >= 0.3 is 0 Å². The molecule has 2 aliphatic rings. The van der Waals surface area contributed by atoms with Gasteiger partial charge in [-0.25, -0.2) is 9.37 Å². The van der Waals surface area contributed by atoms with Crippen molar-refractivity contribution in [3.05, 3.63) is 53.6 Å². The van der Waals surface area contributed by atoms with E-state index in [9.17, 15) is 4.39 Å². The minimum Gasteiger partial charge on any atom is -0.360 e. The average molecular weight is 408 g/mol. The van der Waals surface area contributed by atoms with Gasteiger partial charge in [-0.3, -0.25) is 0 Å². The van der Waals surface area contributed by atoms with Gasteiger partial charge in [0.1, 0.15) is 12.0 Å².